The Balaban J connectivity index is 1.73. The summed E-state index contributed by atoms with van der Waals surface area (Å²) in [6.07, 6.45) is -0.695. The van der Waals surface area contributed by atoms with Crippen LogP contribution in [0.1, 0.15) is 13.8 Å². The average molecular weight is 378 g/mol. The van der Waals surface area contributed by atoms with E-state index in [-0.39, 0.29) is 0 Å². The van der Waals surface area contributed by atoms with Gasteiger partial charge in [0.25, 0.3) is 5.19 Å². The normalized spacial score (nSPS) is 12.0. The van der Waals surface area contributed by atoms with E-state index in [0.29, 0.717) is 28.3 Å². The fourth-order valence-electron chi connectivity index (χ4n) is 2.14. The number of ether oxygens (including phenoxy) is 3. The van der Waals surface area contributed by atoms with Gasteiger partial charge in [0.15, 0.2) is 6.10 Å². The molecule has 130 valence electrons. The lowest BCUT2D eigenvalue weighted by atomic mass is 10.3. The molecule has 0 amide bonds. The number of benzene rings is 2. The summed E-state index contributed by atoms with van der Waals surface area (Å²) in [5.74, 6) is 0.679. The van der Waals surface area contributed by atoms with Gasteiger partial charge in [0.05, 0.1) is 16.8 Å². The van der Waals surface area contributed by atoms with Gasteiger partial charge in [0, 0.05) is 11.1 Å². The topological polar surface area (TPSA) is 57.7 Å². The highest BCUT2D eigenvalue weighted by atomic mass is 35.5. The molecular formula is C18H16ClNO4S. The molecule has 0 radical (unpaired) electrons. The lowest BCUT2D eigenvalue weighted by molar-refractivity contribution is -0.150. The molecule has 0 bridgehead atoms. The highest BCUT2D eigenvalue weighted by molar-refractivity contribution is 7.20. The standard InChI is InChI=1S/C18H16ClNO4S/c1-3-22-17(21)11(2)23-13-5-4-6-14(10-13)24-18-20-15-8-7-12(19)9-16(15)25-18/h4-11H,3H2,1-2H3. The fourth-order valence-corrected chi connectivity index (χ4v) is 3.26. The van der Waals surface area contributed by atoms with E-state index in [2.05, 4.69) is 4.98 Å². The van der Waals surface area contributed by atoms with E-state index in [1.165, 1.54) is 11.3 Å². The minimum atomic E-state index is -0.695. The van der Waals surface area contributed by atoms with Gasteiger partial charge in [-0.05, 0) is 44.2 Å². The van der Waals surface area contributed by atoms with Gasteiger partial charge in [-0.25, -0.2) is 9.78 Å². The van der Waals surface area contributed by atoms with Crippen LogP contribution in [0.4, 0.5) is 0 Å². The highest BCUT2D eigenvalue weighted by Gasteiger charge is 2.16. The van der Waals surface area contributed by atoms with Crippen molar-refractivity contribution in [1.82, 2.24) is 4.98 Å². The van der Waals surface area contributed by atoms with Gasteiger partial charge in [0.2, 0.25) is 0 Å². The van der Waals surface area contributed by atoms with E-state index >= 15 is 0 Å². The minimum absolute atomic E-state index is 0.317. The Bertz CT molecular complexity index is 896. The van der Waals surface area contributed by atoms with Gasteiger partial charge in [0.1, 0.15) is 11.5 Å². The lowest BCUT2D eigenvalue weighted by Crippen LogP contribution is -2.26. The van der Waals surface area contributed by atoms with Gasteiger partial charge in [-0.3, -0.25) is 0 Å². The Morgan fingerprint density at radius 3 is 2.84 bits per heavy atom. The van der Waals surface area contributed by atoms with Crippen LogP contribution in [0.3, 0.4) is 0 Å². The van der Waals surface area contributed by atoms with Crippen LogP contribution in [-0.2, 0) is 9.53 Å². The van der Waals surface area contributed by atoms with Crippen molar-refractivity contribution < 1.29 is 19.0 Å². The van der Waals surface area contributed by atoms with Crippen molar-refractivity contribution in [2.45, 2.75) is 20.0 Å². The van der Waals surface area contributed by atoms with Crippen LogP contribution < -0.4 is 9.47 Å². The number of halogens is 1. The molecule has 7 heteroatoms. The Labute approximate surface area is 154 Å². The molecule has 0 aliphatic carbocycles. The largest absolute Gasteiger partial charge is 0.479 e. The van der Waals surface area contributed by atoms with Crippen molar-refractivity contribution in [3.63, 3.8) is 0 Å². The van der Waals surface area contributed by atoms with E-state index in [0.717, 1.165) is 10.2 Å². The molecule has 0 N–H and O–H groups in total. The molecule has 2 aromatic carbocycles. The zero-order chi connectivity index (χ0) is 17.8. The molecular weight excluding hydrogens is 362 g/mol. The van der Waals surface area contributed by atoms with Crippen molar-refractivity contribution in [2.75, 3.05) is 6.61 Å². The Morgan fingerprint density at radius 2 is 2.04 bits per heavy atom. The average Bonchev–Trinajstić information content (AvgIpc) is 2.96. The van der Waals surface area contributed by atoms with E-state index in [9.17, 15) is 4.79 Å². The number of thiazole rings is 1. The van der Waals surface area contributed by atoms with Crippen LogP contribution in [0.25, 0.3) is 10.2 Å². The molecule has 3 rings (SSSR count). The van der Waals surface area contributed by atoms with Crippen LogP contribution in [0, 0.1) is 0 Å². The first-order valence-corrected chi connectivity index (χ1v) is 8.92. The molecule has 0 fully saturated rings. The monoisotopic (exact) mass is 377 g/mol. The third-order valence-corrected chi connectivity index (χ3v) is 4.40. The van der Waals surface area contributed by atoms with Crippen molar-refractivity contribution in [1.29, 1.82) is 0 Å². The summed E-state index contributed by atoms with van der Waals surface area (Å²) in [7, 11) is 0. The van der Waals surface area contributed by atoms with Gasteiger partial charge < -0.3 is 14.2 Å². The molecule has 1 atom stereocenters. The number of carbonyl (C=O) groups excluding carboxylic acids is 1. The first-order chi connectivity index (χ1) is 12.0. The van der Waals surface area contributed by atoms with Crippen molar-refractivity contribution in [2.24, 2.45) is 0 Å². The van der Waals surface area contributed by atoms with E-state index in [4.69, 9.17) is 25.8 Å². The van der Waals surface area contributed by atoms with Crippen LogP contribution in [0.15, 0.2) is 42.5 Å². The SMILES string of the molecule is CCOC(=O)C(C)Oc1cccc(Oc2nc3ccc(Cl)cc3s2)c1. The predicted octanol–water partition coefficient (Wildman–Crippen LogP) is 5.07. The molecule has 0 aliphatic heterocycles. The molecule has 0 saturated carbocycles. The van der Waals surface area contributed by atoms with E-state index in [1.54, 1.807) is 44.2 Å². The van der Waals surface area contributed by atoms with E-state index in [1.807, 2.05) is 12.1 Å². The third kappa shape index (κ3) is 4.41. The van der Waals surface area contributed by atoms with Gasteiger partial charge in [-0.1, -0.05) is 29.0 Å². The third-order valence-electron chi connectivity index (χ3n) is 3.27. The summed E-state index contributed by atoms with van der Waals surface area (Å²) >= 11 is 7.39. The summed E-state index contributed by atoms with van der Waals surface area (Å²) < 4.78 is 17.3. The summed E-state index contributed by atoms with van der Waals surface area (Å²) in [5.41, 5.74) is 0.827. The fraction of sp³-hybridized carbons (Fsp3) is 0.222. The van der Waals surface area contributed by atoms with E-state index < -0.39 is 12.1 Å². The van der Waals surface area contributed by atoms with Crippen molar-refractivity contribution >= 4 is 39.1 Å². The molecule has 1 unspecified atom stereocenters. The Hall–Kier alpha value is -2.31. The second kappa shape index (κ2) is 7.72. The molecule has 1 aromatic heterocycles. The number of hydrogen-bond donors (Lipinski definition) is 0. The van der Waals surface area contributed by atoms with Gasteiger partial charge >= 0.3 is 5.97 Å². The number of fused-ring (bicyclic) bond motifs is 1. The van der Waals surface area contributed by atoms with Crippen molar-refractivity contribution in [3.05, 3.63) is 47.5 Å². The number of hydrogen-bond acceptors (Lipinski definition) is 6. The second-order valence-corrected chi connectivity index (χ2v) is 6.61. The molecule has 0 aliphatic rings. The smallest absolute Gasteiger partial charge is 0.347 e. The molecule has 5 nitrogen and oxygen atoms in total. The Kier molecular flexibility index (Phi) is 5.40. The first-order valence-electron chi connectivity index (χ1n) is 7.72. The maximum absolute atomic E-state index is 11.7. The van der Waals surface area contributed by atoms with Crippen LogP contribution in [0.5, 0.6) is 16.7 Å². The summed E-state index contributed by atoms with van der Waals surface area (Å²) in [6.45, 7) is 3.71. The highest BCUT2D eigenvalue weighted by Crippen LogP contribution is 2.33. The summed E-state index contributed by atoms with van der Waals surface area (Å²) in [5, 5.41) is 1.17. The zero-order valence-electron chi connectivity index (χ0n) is 13.7. The number of rotatable bonds is 6. The predicted molar refractivity (Wildman–Crippen MR) is 97.9 cm³/mol. The van der Waals surface area contributed by atoms with Crippen molar-refractivity contribution in [3.8, 4) is 16.7 Å². The summed E-state index contributed by atoms with van der Waals surface area (Å²) in [4.78, 5) is 16.1. The zero-order valence-corrected chi connectivity index (χ0v) is 15.3. The van der Waals surface area contributed by atoms with Gasteiger partial charge in [-0.2, -0.15) is 0 Å². The number of esters is 1. The van der Waals surface area contributed by atoms with Crippen LogP contribution >= 0.6 is 22.9 Å². The number of aromatic nitrogens is 1. The maximum Gasteiger partial charge on any atom is 0.347 e. The molecule has 25 heavy (non-hydrogen) atoms. The quantitative estimate of drug-likeness (QED) is 0.561. The van der Waals surface area contributed by atoms with Crippen LogP contribution in [0.2, 0.25) is 5.02 Å². The molecule has 0 spiro atoms. The maximum atomic E-state index is 11.7. The second-order valence-electron chi connectivity index (χ2n) is 5.18. The lowest BCUT2D eigenvalue weighted by Gasteiger charge is -2.13. The Morgan fingerprint density at radius 1 is 1.24 bits per heavy atom. The number of carbonyl (C=O) groups is 1. The summed E-state index contributed by atoms with van der Waals surface area (Å²) in [6, 6.07) is 12.5. The molecule has 0 saturated heterocycles. The minimum Gasteiger partial charge on any atom is -0.479 e. The number of nitrogens with zero attached hydrogens (tertiary/aromatic N) is 1. The first kappa shape index (κ1) is 17.5. The van der Waals surface area contributed by atoms with Crippen LogP contribution in [-0.4, -0.2) is 23.7 Å². The molecule has 3 aromatic rings. The van der Waals surface area contributed by atoms with Gasteiger partial charge in [-0.15, -0.1) is 0 Å². The molecule has 1 heterocycles.